The molecule has 7 heteroatoms. The van der Waals surface area contributed by atoms with Crippen molar-refractivity contribution in [2.45, 2.75) is 90.0 Å². The van der Waals surface area contributed by atoms with Crippen molar-refractivity contribution in [1.29, 1.82) is 0 Å². The third-order valence-corrected chi connectivity index (χ3v) is 14.5. The van der Waals surface area contributed by atoms with Crippen LogP contribution in [0, 0.1) is 22.7 Å². The van der Waals surface area contributed by atoms with Gasteiger partial charge in [0.2, 0.25) is 0 Å². The average molecular weight is 758 g/mol. The quantitative estimate of drug-likeness (QED) is 0.119. The number of ether oxygens (including phenoxy) is 4. The molecule has 0 bridgehead atoms. The SMILES string of the molecule is CC(=O)OC1c2c(cc(OCc3ccccc3)c(OCc3ccccc3)c2Cl)O[C@@]2(C[Se]c3ccccc3)CC[C@H]3C(C)(C)CCC[C@]3(C)[C@@H]12. The van der Waals surface area contributed by atoms with Crippen molar-refractivity contribution in [3.63, 3.8) is 0 Å². The van der Waals surface area contributed by atoms with E-state index in [1.165, 1.54) is 17.8 Å². The predicted octanol–water partition coefficient (Wildman–Crippen LogP) is 9.92. The molecule has 0 saturated heterocycles. The molecule has 1 heterocycles. The van der Waals surface area contributed by atoms with Crippen LogP contribution in [0.4, 0.5) is 0 Å². The average Bonchev–Trinajstić information content (AvgIpc) is 3.10. The molecule has 5 nitrogen and oxygen atoms in total. The first-order chi connectivity index (χ1) is 24.1. The number of esters is 1. The van der Waals surface area contributed by atoms with Crippen molar-refractivity contribution in [3.05, 3.63) is 119 Å². The van der Waals surface area contributed by atoms with Gasteiger partial charge in [-0.25, -0.2) is 0 Å². The van der Waals surface area contributed by atoms with Gasteiger partial charge in [-0.15, -0.1) is 0 Å². The first-order valence-corrected chi connectivity index (χ1v) is 20.3. The van der Waals surface area contributed by atoms with Gasteiger partial charge in [-0.2, -0.15) is 0 Å². The molecule has 4 aromatic rings. The molecule has 2 fully saturated rings. The Kier molecular flexibility index (Phi) is 10.00. The van der Waals surface area contributed by atoms with Crippen LogP contribution in [0.25, 0.3) is 0 Å². The summed E-state index contributed by atoms with van der Waals surface area (Å²) in [7, 11) is 0. The van der Waals surface area contributed by atoms with Crippen molar-refractivity contribution in [3.8, 4) is 17.2 Å². The number of halogens is 1. The third-order valence-electron chi connectivity index (χ3n) is 11.5. The Morgan fingerprint density at radius 1 is 0.860 bits per heavy atom. The molecule has 2 saturated carbocycles. The Morgan fingerprint density at radius 3 is 2.12 bits per heavy atom. The molecule has 7 rings (SSSR count). The van der Waals surface area contributed by atoms with Crippen LogP contribution in [0.5, 0.6) is 17.2 Å². The summed E-state index contributed by atoms with van der Waals surface area (Å²) in [4.78, 5) is 13.1. The fourth-order valence-electron chi connectivity index (χ4n) is 9.40. The summed E-state index contributed by atoms with van der Waals surface area (Å²) in [5, 5.41) is 1.24. The fraction of sp³-hybridized carbons (Fsp3) is 0.419. The van der Waals surface area contributed by atoms with Crippen LogP contribution < -0.4 is 18.7 Å². The van der Waals surface area contributed by atoms with Crippen LogP contribution in [0.3, 0.4) is 0 Å². The van der Waals surface area contributed by atoms with E-state index in [-0.39, 0.29) is 37.7 Å². The molecule has 1 unspecified atom stereocenters. The van der Waals surface area contributed by atoms with Crippen LogP contribution in [0.15, 0.2) is 97.1 Å². The fourth-order valence-corrected chi connectivity index (χ4v) is 12.1. The number of hydrogen-bond acceptors (Lipinski definition) is 5. The summed E-state index contributed by atoms with van der Waals surface area (Å²) >= 11 is 7.65. The Morgan fingerprint density at radius 2 is 1.48 bits per heavy atom. The van der Waals surface area contributed by atoms with E-state index in [0.717, 1.165) is 42.1 Å². The molecular weight excluding hydrogens is 711 g/mol. The second-order valence-corrected chi connectivity index (χ2v) is 17.8. The number of carbonyl (C=O) groups excluding carboxylic acids is 1. The maximum atomic E-state index is 13.1. The first-order valence-electron chi connectivity index (χ1n) is 17.8. The number of hydrogen-bond donors (Lipinski definition) is 0. The number of benzene rings is 4. The standard InChI is InChI=1S/C43H47ClO5Se/c1-29(45)48-39-36-33(25-34(46-26-30-15-8-5-9-16-30)38(37(36)44)47-27-31-17-10-6-11-18-31)49-43(28-50-32-19-12-7-13-20-32)24-21-35-41(2,3)22-14-23-42(35,4)40(39)43/h5-13,15-20,25,35,39-40H,14,21-24,26-28H2,1-4H3/t35-,39?,40+,42-,43+/m0/s1. The van der Waals surface area contributed by atoms with Gasteiger partial charge in [0.25, 0.3) is 0 Å². The molecule has 0 aromatic heterocycles. The van der Waals surface area contributed by atoms with E-state index in [4.69, 9.17) is 30.5 Å². The van der Waals surface area contributed by atoms with E-state index in [2.05, 4.69) is 51.1 Å². The molecule has 0 spiro atoms. The molecule has 50 heavy (non-hydrogen) atoms. The molecule has 3 aliphatic rings. The number of carbonyl (C=O) groups is 1. The van der Waals surface area contributed by atoms with Gasteiger partial charge in [0.1, 0.15) is 0 Å². The van der Waals surface area contributed by atoms with Gasteiger partial charge in [0, 0.05) is 0 Å². The Labute approximate surface area is 308 Å². The Hall–Kier alpha value is -3.44. The van der Waals surface area contributed by atoms with Crippen molar-refractivity contribution in [2.24, 2.45) is 22.7 Å². The summed E-state index contributed by atoms with van der Waals surface area (Å²) in [6, 6.07) is 32.7. The van der Waals surface area contributed by atoms with Crippen molar-refractivity contribution in [2.75, 3.05) is 0 Å². The van der Waals surface area contributed by atoms with Crippen LogP contribution in [0.1, 0.15) is 82.6 Å². The summed E-state index contributed by atoms with van der Waals surface area (Å²) in [6.07, 6.45) is 4.72. The van der Waals surface area contributed by atoms with E-state index < -0.39 is 11.7 Å². The molecule has 1 aliphatic heterocycles. The van der Waals surface area contributed by atoms with E-state index in [1.54, 1.807) is 0 Å². The van der Waals surface area contributed by atoms with Crippen molar-refractivity contribution < 1.29 is 23.7 Å². The summed E-state index contributed by atoms with van der Waals surface area (Å²) in [5.74, 6) is 1.61. The normalized spacial score (nSPS) is 26.4. The molecule has 262 valence electrons. The minimum absolute atomic E-state index is 0.0918. The summed E-state index contributed by atoms with van der Waals surface area (Å²) < 4.78 is 28.3. The van der Waals surface area contributed by atoms with Crippen molar-refractivity contribution in [1.82, 2.24) is 0 Å². The molecule has 5 atom stereocenters. The van der Waals surface area contributed by atoms with Gasteiger partial charge in [-0.3, -0.25) is 0 Å². The van der Waals surface area contributed by atoms with Gasteiger partial charge >= 0.3 is 303 Å². The maximum absolute atomic E-state index is 13.1. The van der Waals surface area contributed by atoms with Crippen LogP contribution in [-0.4, -0.2) is 26.5 Å². The number of fused-ring (bicyclic) bond motifs is 4. The predicted molar refractivity (Wildman–Crippen MR) is 199 cm³/mol. The van der Waals surface area contributed by atoms with Gasteiger partial charge in [0.15, 0.2) is 0 Å². The monoisotopic (exact) mass is 758 g/mol. The van der Waals surface area contributed by atoms with Gasteiger partial charge < -0.3 is 0 Å². The molecule has 0 N–H and O–H groups in total. The topological polar surface area (TPSA) is 54.0 Å². The zero-order valence-corrected chi connectivity index (χ0v) is 31.9. The second kappa shape index (κ2) is 14.3. The summed E-state index contributed by atoms with van der Waals surface area (Å²) in [5.41, 5.74) is 2.21. The van der Waals surface area contributed by atoms with E-state index in [0.29, 0.717) is 47.0 Å². The summed E-state index contributed by atoms with van der Waals surface area (Å²) in [6.45, 7) is 9.44. The van der Waals surface area contributed by atoms with E-state index in [9.17, 15) is 4.79 Å². The van der Waals surface area contributed by atoms with Gasteiger partial charge in [-0.1, -0.05) is 6.07 Å². The second-order valence-electron chi connectivity index (χ2n) is 15.2. The van der Waals surface area contributed by atoms with Gasteiger partial charge in [0.05, 0.1) is 0 Å². The van der Waals surface area contributed by atoms with E-state index >= 15 is 0 Å². The molecule has 0 radical (unpaired) electrons. The third kappa shape index (κ3) is 6.79. The Balaban J connectivity index is 1.37. The first kappa shape index (κ1) is 35.0. The van der Waals surface area contributed by atoms with Gasteiger partial charge in [-0.05, 0) is 0 Å². The molecule has 2 aliphatic carbocycles. The van der Waals surface area contributed by atoms with Crippen LogP contribution >= 0.6 is 11.6 Å². The molecule has 4 aromatic carbocycles. The molecule has 0 amide bonds. The van der Waals surface area contributed by atoms with Crippen molar-refractivity contribution >= 4 is 37.0 Å². The Bertz CT molecular complexity index is 1800. The minimum atomic E-state index is -0.598. The molecular formula is C43H47ClO5Se. The van der Waals surface area contributed by atoms with Crippen LogP contribution in [-0.2, 0) is 22.7 Å². The van der Waals surface area contributed by atoms with Crippen LogP contribution in [0.2, 0.25) is 10.3 Å². The zero-order chi connectivity index (χ0) is 34.9. The van der Waals surface area contributed by atoms with E-state index in [1.807, 2.05) is 66.7 Å². The number of rotatable bonds is 10. The zero-order valence-electron chi connectivity index (χ0n) is 29.5.